The summed E-state index contributed by atoms with van der Waals surface area (Å²) in [6, 6.07) is 10.2. The molecule has 3 heterocycles. The number of aromatic amines is 1. The van der Waals surface area contributed by atoms with Crippen LogP contribution in [0.25, 0.3) is 22.6 Å². The van der Waals surface area contributed by atoms with Gasteiger partial charge in [0.1, 0.15) is 29.6 Å². The van der Waals surface area contributed by atoms with Crippen LogP contribution < -0.4 is 9.47 Å². The summed E-state index contributed by atoms with van der Waals surface area (Å²) in [5.74, 6) is 0.918. The molecule has 3 aromatic heterocycles. The number of rotatable bonds is 6. The summed E-state index contributed by atoms with van der Waals surface area (Å²) in [5, 5.41) is 0. The number of benzene rings is 1. The molecule has 0 spiro atoms. The summed E-state index contributed by atoms with van der Waals surface area (Å²) in [7, 11) is 1.51. The molecule has 0 aliphatic rings. The Kier molecular flexibility index (Phi) is 5.99. The molecular weight excluding hydrogens is 440 g/mol. The SMILES string of the molecule is COc1cc(OCc2ccc(C(F)(F)F)nc2)ccc1-c1nc(-c2ccc(F)nc2)[nH]c1C. The highest BCUT2D eigenvalue weighted by atomic mass is 19.4. The molecule has 10 heteroatoms. The van der Waals surface area contributed by atoms with Gasteiger partial charge in [-0.3, -0.25) is 4.98 Å². The zero-order valence-corrected chi connectivity index (χ0v) is 17.6. The van der Waals surface area contributed by atoms with Gasteiger partial charge < -0.3 is 14.5 Å². The molecule has 0 atom stereocenters. The van der Waals surface area contributed by atoms with E-state index in [4.69, 9.17) is 9.47 Å². The van der Waals surface area contributed by atoms with Gasteiger partial charge in [-0.25, -0.2) is 9.97 Å². The van der Waals surface area contributed by atoms with Crippen molar-refractivity contribution in [3.63, 3.8) is 0 Å². The monoisotopic (exact) mass is 458 g/mol. The number of nitrogens with zero attached hydrogens (tertiary/aromatic N) is 3. The molecule has 4 aromatic rings. The lowest BCUT2D eigenvalue weighted by molar-refractivity contribution is -0.141. The molecule has 4 rings (SSSR count). The molecule has 0 aliphatic carbocycles. The third-order valence-electron chi connectivity index (χ3n) is 4.83. The van der Waals surface area contributed by atoms with Crippen molar-refractivity contribution in [1.29, 1.82) is 0 Å². The van der Waals surface area contributed by atoms with Crippen molar-refractivity contribution in [3.05, 3.63) is 77.8 Å². The van der Waals surface area contributed by atoms with Gasteiger partial charge in [0.05, 0.1) is 12.8 Å². The van der Waals surface area contributed by atoms with E-state index in [1.54, 1.807) is 24.3 Å². The highest BCUT2D eigenvalue weighted by Crippen LogP contribution is 2.35. The predicted octanol–water partition coefficient (Wildman–Crippen LogP) is 5.59. The number of hydrogen-bond donors (Lipinski definition) is 1. The van der Waals surface area contributed by atoms with Gasteiger partial charge in [-0.15, -0.1) is 0 Å². The Balaban J connectivity index is 1.53. The van der Waals surface area contributed by atoms with Crippen LogP contribution in [0.5, 0.6) is 11.5 Å². The first-order valence-electron chi connectivity index (χ1n) is 9.76. The first-order chi connectivity index (χ1) is 15.7. The normalized spacial score (nSPS) is 11.5. The van der Waals surface area contributed by atoms with Crippen LogP contribution in [0.2, 0.25) is 0 Å². The Morgan fingerprint density at radius 3 is 2.45 bits per heavy atom. The highest BCUT2D eigenvalue weighted by molar-refractivity contribution is 5.73. The summed E-state index contributed by atoms with van der Waals surface area (Å²) < 4.78 is 62.2. The number of aromatic nitrogens is 4. The fourth-order valence-electron chi connectivity index (χ4n) is 3.18. The van der Waals surface area contributed by atoms with E-state index in [-0.39, 0.29) is 6.61 Å². The minimum Gasteiger partial charge on any atom is -0.496 e. The van der Waals surface area contributed by atoms with Gasteiger partial charge in [0.25, 0.3) is 0 Å². The van der Waals surface area contributed by atoms with Gasteiger partial charge in [-0.1, -0.05) is 6.07 Å². The maximum absolute atomic E-state index is 13.1. The molecule has 0 bridgehead atoms. The number of H-pyrrole nitrogens is 1. The van der Waals surface area contributed by atoms with Crippen LogP contribution in [0.4, 0.5) is 17.6 Å². The summed E-state index contributed by atoms with van der Waals surface area (Å²) >= 11 is 0. The van der Waals surface area contributed by atoms with E-state index in [2.05, 4.69) is 19.9 Å². The number of halogens is 4. The van der Waals surface area contributed by atoms with E-state index in [0.717, 1.165) is 18.0 Å². The smallest absolute Gasteiger partial charge is 0.433 e. The molecule has 0 fully saturated rings. The molecule has 0 saturated heterocycles. The van der Waals surface area contributed by atoms with E-state index in [1.165, 1.54) is 25.4 Å². The number of methoxy groups -OCH3 is 1. The van der Waals surface area contributed by atoms with E-state index in [9.17, 15) is 17.6 Å². The third kappa shape index (κ3) is 4.94. The molecule has 0 saturated carbocycles. The second-order valence-electron chi connectivity index (χ2n) is 7.13. The number of ether oxygens (including phenoxy) is 2. The van der Waals surface area contributed by atoms with Crippen LogP contribution in [0, 0.1) is 12.9 Å². The van der Waals surface area contributed by atoms with Crippen molar-refractivity contribution in [1.82, 2.24) is 19.9 Å². The fraction of sp³-hybridized carbons (Fsp3) is 0.174. The van der Waals surface area contributed by atoms with Crippen molar-refractivity contribution in [2.45, 2.75) is 19.7 Å². The lowest BCUT2D eigenvalue weighted by Gasteiger charge is -2.12. The van der Waals surface area contributed by atoms with Crippen molar-refractivity contribution in [3.8, 4) is 34.1 Å². The van der Waals surface area contributed by atoms with Crippen molar-refractivity contribution in [2.75, 3.05) is 7.11 Å². The lowest BCUT2D eigenvalue weighted by atomic mass is 10.1. The van der Waals surface area contributed by atoms with Gasteiger partial charge in [-0.2, -0.15) is 17.6 Å². The van der Waals surface area contributed by atoms with E-state index in [0.29, 0.717) is 39.7 Å². The lowest BCUT2D eigenvalue weighted by Crippen LogP contribution is -2.08. The molecule has 0 radical (unpaired) electrons. The second-order valence-corrected chi connectivity index (χ2v) is 7.13. The molecule has 1 aromatic carbocycles. The Morgan fingerprint density at radius 2 is 1.82 bits per heavy atom. The number of aryl methyl sites for hydroxylation is 1. The Morgan fingerprint density at radius 1 is 1.00 bits per heavy atom. The van der Waals surface area contributed by atoms with Crippen LogP contribution in [0.1, 0.15) is 17.0 Å². The van der Waals surface area contributed by atoms with Gasteiger partial charge in [-0.05, 0) is 37.3 Å². The zero-order chi connectivity index (χ0) is 23.6. The minimum atomic E-state index is -4.49. The number of alkyl halides is 3. The first-order valence-corrected chi connectivity index (χ1v) is 9.76. The molecule has 0 amide bonds. The number of pyridine rings is 2. The predicted molar refractivity (Wildman–Crippen MR) is 112 cm³/mol. The molecule has 170 valence electrons. The summed E-state index contributed by atoms with van der Waals surface area (Å²) in [6.45, 7) is 1.89. The summed E-state index contributed by atoms with van der Waals surface area (Å²) in [4.78, 5) is 14.8. The van der Waals surface area contributed by atoms with E-state index in [1.807, 2.05) is 6.92 Å². The fourth-order valence-corrected chi connectivity index (χ4v) is 3.18. The Bertz CT molecular complexity index is 1250. The van der Waals surface area contributed by atoms with Crippen molar-refractivity contribution in [2.24, 2.45) is 0 Å². The standard InChI is InChI=1S/C23H18F4N4O2/c1-13-21(31-22(30-13)15-4-8-20(24)29-11-15)17-6-5-16(9-18(17)32-2)33-12-14-3-7-19(28-10-14)23(25,26)27/h3-11H,12H2,1-2H3,(H,30,31). The second kappa shape index (κ2) is 8.89. The average molecular weight is 458 g/mol. The molecule has 0 unspecified atom stereocenters. The number of imidazole rings is 1. The molecule has 0 aliphatic heterocycles. The number of nitrogens with one attached hydrogen (secondary N) is 1. The maximum Gasteiger partial charge on any atom is 0.433 e. The highest BCUT2D eigenvalue weighted by Gasteiger charge is 2.32. The van der Waals surface area contributed by atoms with Crippen LogP contribution in [0.3, 0.4) is 0 Å². The Hall–Kier alpha value is -3.95. The van der Waals surface area contributed by atoms with Crippen LogP contribution >= 0.6 is 0 Å². The molecule has 6 nitrogen and oxygen atoms in total. The quantitative estimate of drug-likeness (QED) is 0.301. The van der Waals surface area contributed by atoms with Gasteiger partial charge in [0.15, 0.2) is 0 Å². The molecular formula is C23H18F4N4O2. The minimum absolute atomic E-state index is 0.0385. The summed E-state index contributed by atoms with van der Waals surface area (Å²) in [5.41, 5.74) is 2.29. The van der Waals surface area contributed by atoms with Gasteiger partial charge >= 0.3 is 6.18 Å². The summed E-state index contributed by atoms with van der Waals surface area (Å²) in [6.07, 6.45) is -1.96. The van der Waals surface area contributed by atoms with Crippen molar-refractivity contribution >= 4 is 0 Å². The van der Waals surface area contributed by atoms with Crippen molar-refractivity contribution < 1.29 is 27.0 Å². The maximum atomic E-state index is 13.1. The molecule has 33 heavy (non-hydrogen) atoms. The van der Waals surface area contributed by atoms with Gasteiger partial charge in [0, 0.05) is 40.8 Å². The Labute approximate surface area is 186 Å². The first kappa shape index (κ1) is 22.3. The number of hydrogen-bond acceptors (Lipinski definition) is 5. The average Bonchev–Trinajstić information content (AvgIpc) is 3.19. The van der Waals surface area contributed by atoms with Crippen LogP contribution in [-0.4, -0.2) is 27.0 Å². The van der Waals surface area contributed by atoms with Gasteiger partial charge in [0.2, 0.25) is 5.95 Å². The van der Waals surface area contributed by atoms with E-state index < -0.39 is 17.8 Å². The zero-order valence-electron chi connectivity index (χ0n) is 17.6. The van der Waals surface area contributed by atoms with E-state index >= 15 is 0 Å². The molecule has 1 N–H and O–H groups in total. The topological polar surface area (TPSA) is 72.9 Å². The third-order valence-corrected chi connectivity index (χ3v) is 4.83. The largest absolute Gasteiger partial charge is 0.496 e. The van der Waals surface area contributed by atoms with Crippen LogP contribution in [0.15, 0.2) is 54.9 Å². The van der Waals surface area contributed by atoms with Crippen LogP contribution in [-0.2, 0) is 12.8 Å².